The van der Waals surface area contributed by atoms with Crippen molar-refractivity contribution >= 4 is 0 Å². The Labute approximate surface area is 104 Å². The number of rotatable bonds is 2. The molecule has 1 heterocycles. The first-order valence-corrected chi connectivity index (χ1v) is 6.52. The molecule has 0 N–H and O–H groups in total. The predicted molar refractivity (Wildman–Crippen MR) is 69.5 cm³/mol. The first-order chi connectivity index (χ1) is 8.29. The molecule has 1 unspecified atom stereocenters. The molecule has 2 nitrogen and oxygen atoms in total. The summed E-state index contributed by atoms with van der Waals surface area (Å²) in [6, 6.07) is 10.8. The smallest absolute Gasteiger partial charge is 0.0991 e. The summed E-state index contributed by atoms with van der Waals surface area (Å²) in [5.41, 5.74) is 2.07. The zero-order valence-electron chi connectivity index (χ0n) is 10.5. The van der Waals surface area contributed by atoms with Crippen LogP contribution in [0, 0.1) is 11.3 Å². The van der Waals surface area contributed by atoms with E-state index in [9.17, 15) is 0 Å². The molecular weight excluding hydrogens is 208 g/mol. The predicted octanol–water partition coefficient (Wildman–Crippen LogP) is 3.32. The average molecular weight is 228 g/mol. The summed E-state index contributed by atoms with van der Waals surface area (Å²) in [6.07, 6.45) is 5.37. The molecule has 1 atom stereocenters. The maximum Gasteiger partial charge on any atom is 0.0991 e. The molecule has 1 aliphatic rings. The van der Waals surface area contributed by atoms with Crippen LogP contribution < -0.4 is 0 Å². The molecule has 1 aromatic rings. The van der Waals surface area contributed by atoms with E-state index in [2.05, 4.69) is 30.0 Å². The Balaban J connectivity index is 2.01. The van der Waals surface area contributed by atoms with Gasteiger partial charge in [0.25, 0.3) is 0 Å². The minimum Gasteiger partial charge on any atom is -0.296 e. The van der Waals surface area contributed by atoms with E-state index in [0.717, 1.165) is 12.1 Å². The van der Waals surface area contributed by atoms with Gasteiger partial charge in [0.2, 0.25) is 0 Å². The van der Waals surface area contributed by atoms with Gasteiger partial charge in [-0.2, -0.15) is 5.26 Å². The van der Waals surface area contributed by atoms with Crippen LogP contribution in [0.1, 0.15) is 43.7 Å². The van der Waals surface area contributed by atoms with Crippen molar-refractivity contribution in [2.75, 3.05) is 6.54 Å². The first kappa shape index (κ1) is 12.1. The summed E-state index contributed by atoms with van der Waals surface area (Å²) >= 11 is 0. The van der Waals surface area contributed by atoms with Gasteiger partial charge in [-0.05, 0) is 44.0 Å². The molecule has 0 aromatic heterocycles. The van der Waals surface area contributed by atoms with Gasteiger partial charge in [-0.3, -0.25) is 4.90 Å². The standard InChI is InChI=1S/C15H20N2/c1-13-5-3-2-4-10-17(13)12-15-8-6-14(11-16)7-9-15/h6-9,13H,2-5,10,12H2,1H3. The van der Waals surface area contributed by atoms with E-state index in [-0.39, 0.29) is 0 Å². The number of nitrogens with zero attached hydrogens (tertiary/aromatic N) is 2. The van der Waals surface area contributed by atoms with E-state index in [1.165, 1.54) is 37.8 Å². The highest BCUT2D eigenvalue weighted by atomic mass is 15.1. The quantitative estimate of drug-likeness (QED) is 0.776. The van der Waals surface area contributed by atoms with Crippen LogP contribution in [0.15, 0.2) is 24.3 Å². The first-order valence-electron chi connectivity index (χ1n) is 6.52. The van der Waals surface area contributed by atoms with Crippen molar-refractivity contribution in [3.05, 3.63) is 35.4 Å². The SMILES string of the molecule is CC1CCCCCN1Cc1ccc(C#N)cc1. The van der Waals surface area contributed by atoms with E-state index < -0.39 is 0 Å². The van der Waals surface area contributed by atoms with E-state index in [1.807, 2.05) is 12.1 Å². The fraction of sp³-hybridized carbons (Fsp3) is 0.533. The lowest BCUT2D eigenvalue weighted by Crippen LogP contribution is -2.31. The second-order valence-corrected chi connectivity index (χ2v) is 4.98. The molecule has 90 valence electrons. The van der Waals surface area contributed by atoms with Crippen LogP contribution in [-0.2, 0) is 6.54 Å². The second kappa shape index (κ2) is 5.84. The van der Waals surface area contributed by atoms with Crippen LogP contribution in [-0.4, -0.2) is 17.5 Å². The molecule has 1 aromatic carbocycles. The van der Waals surface area contributed by atoms with Crippen molar-refractivity contribution in [2.24, 2.45) is 0 Å². The Morgan fingerprint density at radius 2 is 2.00 bits per heavy atom. The Hall–Kier alpha value is -1.33. The number of likely N-dealkylation sites (tertiary alicyclic amines) is 1. The monoisotopic (exact) mass is 228 g/mol. The van der Waals surface area contributed by atoms with E-state index >= 15 is 0 Å². The Morgan fingerprint density at radius 3 is 2.71 bits per heavy atom. The lowest BCUT2D eigenvalue weighted by Gasteiger charge is -2.26. The van der Waals surface area contributed by atoms with Gasteiger partial charge in [-0.25, -0.2) is 0 Å². The fourth-order valence-corrected chi connectivity index (χ4v) is 2.49. The van der Waals surface area contributed by atoms with Crippen LogP contribution in [0.5, 0.6) is 0 Å². The van der Waals surface area contributed by atoms with Gasteiger partial charge >= 0.3 is 0 Å². The topological polar surface area (TPSA) is 27.0 Å². The summed E-state index contributed by atoms with van der Waals surface area (Å²) in [6.45, 7) is 4.56. The minimum atomic E-state index is 0.688. The summed E-state index contributed by atoms with van der Waals surface area (Å²) < 4.78 is 0. The van der Waals surface area contributed by atoms with Crippen LogP contribution >= 0.6 is 0 Å². The van der Waals surface area contributed by atoms with Crippen molar-refractivity contribution in [3.63, 3.8) is 0 Å². The van der Waals surface area contributed by atoms with Gasteiger partial charge in [0.05, 0.1) is 11.6 Å². The highest BCUT2D eigenvalue weighted by molar-refractivity contribution is 5.31. The fourth-order valence-electron chi connectivity index (χ4n) is 2.49. The molecule has 1 fully saturated rings. The molecule has 17 heavy (non-hydrogen) atoms. The van der Waals surface area contributed by atoms with Crippen molar-refractivity contribution in [2.45, 2.75) is 45.2 Å². The Kier molecular flexibility index (Phi) is 4.17. The van der Waals surface area contributed by atoms with Crippen molar-refractivity contribution < 1.29 is 0 Å². The average Bonchev–Trinajstić information content (AvgIpc) is 2.56. The van der Waals surface area contributed by atoms with Crippen LogP contribution in [0.25, 0.3) is 0 Å². The highest BCUT2D eigenvalue weighted by Crippen LogP contribution is 2.18. The van der Waals surface area contributed by atoms with E-state index in [1.54, 1.807) is 0 Å². The molecule has 0 amide bonds. The second-order valence-electron chi connectivity index (χ2n) is 4.98. The molecule has 0 spiro atoms. The van der Waals surface area contributed by atoms with Crippen molar-refractivity contribution in [1.29, 1.82) is 5.26 Å². The third-order valence-electron chi connectivity index (χ3n) is 3.66. The van der Waals surface area contributed by atoms with Gasteiger partial charge in [0.1, 0.15) is 0 Å². The van der Waals surface area contributed by atoms with Gasteiger partial charge in [-0.1, -0.05) is 25.0 Å². The third-order valence-corrected chi connectivity index (χ3v) is 3.66. The van der Waals surface area contributed by atoms with Crippen LogP contribution in [0.4, 0.5) is 0 Å². The lowest BCUT2D eigenvalue weighted by atomic mass is 10.1. The number of nitriles is 1. The van der Waals surface area contributed by atoms with E-state index in [4.69, 9.17) is 5.26 Å². The lowest BCUT2D eigenvalue weighted by molar-refractivity contribution is 0.205. The largest absolute Gasteiger partial charge is 0.296 e. The molecule has 0 radical (unpaired) electrons. The summed E-state index contributed by atoms with van der Waals surface area (Å²) in [5.74, 6) is 0. The summed E-state index contributed by atoms with van der Waals surface area (Å²) in [5, 5.41) is 8.77. The van der Waals surface area contributed by atoms with Gasteiger partial charge in [0.15, 0.2) is 0 Å². The maximum atomic E-state index is 8.77. The zero-order valence-corrected chi connectivity index (χ0v) is 10.5. The molecule has 2 heteroatoms. The van der Waals surface area contributed by atoms with Crippen molar-refractivity contribution in [1.82, 2.24) is 4.90 Å². The molecule has 2 rings (SSSR count). The number of hydrogen-bond donors (Lipinski definition) is 0. The molecule has 0 bridgehead atoms. The highest BCUT2D eigenvalue weighted by Gasteiger charge is 2.16. The molecule has 1 saturated heterocycles. The third kappa shape index (κ3) is 3.31. The molecule has 0 aliphatic carbocycles. The Morgan fingerprint density at radius 1 is 1.24 bits per heavy atom. The Bertz CT molecular complexity index is 388. The summed E-state index contributed by atoms with van der Waals surface area (Å²) in [4.78, 5) is 2.56. The number of hydrogen-bond acceptors (Lipinski definition) is 2. The number of benzene rings is 1. The van der Waals surface area contributed by atoms with Gasteiger partial charge < -0.3 is 0 Å². The van der Waals surface area contributed by atoms with Gasteiger partial charge in [0, 0.05) is 12.6 Å². The van der Waals surface area contributed by atoms with Crippen LogP contribution in [0.2, 0.25) is 0 Å². The maximum absolute atomic E-state index is 8.77. The summed E-state index contributed by atoms with van der Waals surface area (Å²) in [7, 11) is 0. The molecule has 0 saturated carbocycles. The van der Waals surface area contributed by atoms with Crippen LogP contribution in [0.3, 0.4) is 0 Å². The van der Waals surface area contributed by atoms with E-state index in [0.29, 0.717) is 6.04 Å². The molecular formula is C15H20N2. The normalized spacial score (nSPS) is 21.8. The molecule has 1 aliphatic heterocycles. The zero-order chi connectivity index (χ0) is 12.1. The minimum absolute atomic E-state index is 0.688. The van der Waals surface area contributed by atoms with Crippen molar-refractivity contribution in [3.8, 4) is 6.07 Å². The van der Waals surface area contributed by atoms with Gasteiger partial charge in [-0.15, -0.1) is 0 Å².